The zero-order valence-corrected chi connectivity index (χ0v) is 17.4. The quantitative estimate of drug-likeness (QED) is 0.499. The summed E-state index contributed by atoms with van der Waals surface area (Å²) in [4.78, 5) is 0. The average molecular weight is 439 g/mol. The van der Waals surface area contributed by atoms with Crippen molar-refractivity contribution in [1.82, 2.24) is 0 Å². The van der Waals surface area contributed by atoms with Gasteiger partial charge in [-0.15, -0.1) is 0 Å². The molecule has 2 aromatic rings. The van der Waals surface area contributed by atoms with Crippen LogP contribution in [0, 0.1) is 0 Å². The number of aliphatic hydroxyl groups excluding tert-OH is 4. The lowest BCUT2D eigenvalue weighted by Gasteiger charge is -2.40. The highest BCUT2D eigenvalue weighted by Gasteiger charge is 2.44. The Balaban J connectivity index is 1.66. The number of benzene rings is 2. The topological polar surface area (TPSA) is 109 Å². The van der Waals surface area contributed by atoms with Crippen LogP contribution in [0.5, 0.6) is 5.75 Å². The van der Waals surface area contributed by atoms with Crippen molar-refractivity contribution < 1.29 is 34.6 Å². The highest BCUT2D eigenvalue weighted by atomic mass is 35.5. The highest BCUT2D eigenvalue weighted by Crippen LogP contribution is 2.34. The molecule has 1 heterocycles. The Hall–Kier alpha value is -1.71. The number of aliphatic hydroxyl groups is 4. The molecular weight excluding hydrogens is 412 g/mol. The first-order valence-corrected chi connectivity index (χ1v) is 10.2. The summed E-state index contributed by atoms with van der Waals surface area (Å²) >= 11 is 6.29. The number of ether oxygens (including phenoxy) is 3. The molecule has 0 bridgehead atoms. The molecule has 0 spiro atoms. The van der Waals surface area contributed by atoms with E-state index in [4.69, 9.17) is 25.8 Å². The zero-order chi connectivity index (χ0) is 21.7. The normalized spacial score (nSPS) is 26.5. The molecule has 1 aliphatic heterocycles. The predicted molar refractivity (Wildman–Crippen MR) is 110 cm³/mol. The Morgan fingerprint density at radius 3 is 2.37 bits per heavy atom. The molecule has 0 saturated carbocycles. The van der Waals surface area contributed by atoms with Crippen LogP contribution >= 0.6 is 11.6 Å². The van der Waals surface area contributed by atoms with Crippen LogP contribution in [0.2, 0.25) is 5.02 Å². The van der Waals surface area contributed by atoms with Gasteiger partial charge in [0.2, 0.25) is 0 Å². The third kappa shape index (κ3) is 5.31. The van der Waals surface area contributed by atoms with Crippen LogP contribution < -0.4 is 4.74 Å². The van der Waals surface area contributed by atoms with Gasteiger partial charge in [-0.2, -0.15) is 0 Å². The van der Waals surface area contributed by atoms with E-state index in [0.717, 1.165) is 11.3 Å². The van der Waals surface area contributed by atoms with Gasteiger partial charge in [0.05, 0.1) is 26.4 Å². The third-order valence-corrected chi connectivity index (χ3v) is 5.42. The number of hydrogen-bond donors (Lipinski definition) is 4. The summed E-state index contributed by atoms with van der Waals surface area (Å²) in [7, 11) is 0. The molecule has 0 amide bonds. The van der Waals surface area contributed by atoms with Crippen molar-refractivity contribution in [2.75, 3.05) is 13.2 Å². The molecule has 1 fully saturated rings. The van der Waals surface area contributed by atoms with E-state index in [0.29, 0.717) is 29.4 Å². The van der Waals surface area contributed by atoms with Gasteiger partial charge in [-0.1, -0.05) is 29.8 Å². The SMILES string of the molecule is CCOc1ccc(COCc2cc([C@@H]3O[C@H](CO)[C@@H](O)[C@H](O)[C@H]3O)ccc2Cl)cc1. The molecule has 7 nitrogen and oxygen atoms in total. The summed E-state index contributed by atoms with van der Waals surface area (Å²) in [6.45, 7) is 2.68. The van der Waals surface area contributed by atoms with E-state index in [-0.39, 0.29) is 6.61 Å². The summed E-state index contributed by atoms with van der Waals surface area (Å²) in [5.41, 5.74) is 2.24. The molecule has 0 unspecified atom stereocenters. The number of rotatable bonds is 8. The minimum absolute atomic E-state index is 0.233. The van der Waals surface area contributed by atoms with Crippen molar-refractivity contribution in [2.45, 2.75) is 50.7 Å². The lowest BCUT2D eigenvalue weighted by atomic mass is 9.91. The molecule has 8 heteroatoms. The lowest BCUT2D eigenvalue weighted by Crippen LogP contribution is -2.55. The molecule has 164 valence electrons. The summed E-state index contributed by atoms with van der Waals surface area (Å²) in [6.07, 6.45) is -6.06. The standard InChI is InChI=1S/C22H27ClO7/c1-2-29-16-6-3-13(4-7-16)11-28-12-15-9-14(5-8-17(15)23)22-21(27)20(26)19(25)18(10-24)30-22/h3-9,18-22,24-27H,2,10-12H2,1H3/t18-,19-,20+,21-,22+/m1/s1. The van der Waals surface area contributed by atoms with Gasteiger partial charge in [0.1, 0.15) is 36.3 Å². The fraction of sp³-hybridized carbons (Fsp3) is 0.455. The van der Waals surface area contributed by atoms with Crippen molar-refractivity contribution in [1.29, 1.82) is 0 Å². The smallest absolute Gasteiger partial charge is 0.119 e. The molecule has 0 aromatic heterocycles. The van der Waals surface area contributed by atoms with Crippen molar-refractivity contribution in [3.8, 4) is 5.75 Å². The molecule has 1 saturated heterocycles. The van der Waals surface area contributed by atoms with Crippen molar-refractivity contribution >= 4 is 11.6 Å². The van der Waals surface area contributed by atoms with Gasteiger partial charge in [0.25, 0.3) is 0 Å². The second-order valence-electron chi connectivity index (χ2n) is 7.17. The van der Waals surface area contributed by atoms with Gasteiger partial charge in [0.15, 0.2) is 0 Å². The third-order valence-electron chi connectivity index (χ3n) is 5.05. The second kappa shape index (κ2) is 10.5. The molecular formula is C22H27ClO7. The van der Waals surface area contributed by atoms with Gasteiger partial charge in [0, 0.05) is 5.02 Å². The van der Waals surface area contributed by atoms with Crippen LogP contribution in [-0.4, -0.2) is 58.1 Å². The van der Waals surface area contributed by atoms with Crippen LogP contribution in [0.3, 0.4) is 0 Å². The Morgan fingerprint density at radius 2 is 1.70 bits per heavy atom. The van der Waals surface area contributed by atoms with Crippen molar-refractivity contribution in [2.24, 2.45) is 0 Å². The van der Waals surface area contributed by atoms with E-state index in [1.165, 1.54) is 0 Å². The lowest BCUT2D eigenvalue weighted by molar-refractivity contribution is -0.231. The van der Waals surface area contributed by atoms with E-state index < -0.39 is 37.1 Å². The van der Waals surface area contributed by atoms with Crippen LogP contribution in [0.15, 0.2) is 42.5 Å². The molecule has 2 aromatic carbocycles. The monoisotopic (exact) mass is 438 g/mol. The van der Waals surface area contributed by atoms with Gasteiger partial charge in [-0.25, -0.2) is 0 Å². The second-order valence-corrected chi connectivity index (χ2v) is 7.58. The Bertz CT molecular complexity index is 812. The van der Waals surface area contributed by atoms with E-state index in [9.17, 15) is 20.4 Å². The van der Waals surface area contributed by atoms with Crippen LogP contribution in [0.25, 0.3) is 0 Å². The fourth-order valence-electron chi connectivity index (χ4n) is 3.39. The van der Waals surface area contributed by atoms with Crippen molar-refractivity contribution in [3.05, 3.63) is 64.2 Å². The molecule has 4 N–H and O–H groups in total. The number of hydrogen-bond acceptors (Lipinski definition) is 7. The first kappa shape index (κ1) is 23.0. The maximum absolute atomic E-state index is 10.3. The fourth-order valence-corrected chi connectivity index (χ4v) is 3.56. The maximum Gasteiger partial charge on any atom is 0.119 e. The number of halogens is 1. The Morgan fingerprint density at radius 1 is 0.967 bits per heavy atom. The predicted octanol–water partition coefficient (Wildman–Crippen LogP) is 1.97. The first-order chi connectivity index (χ1) is 14.4. The van der Waals surface area contributed by atoms with Gasteiger partial charge >= 0.3 is 0 Å². The van der Waals surface area contributed by atoms with Crippen LogP contribution in [-0.2, 0) is 22.7 Å². The molecule has 0 radical (unpaired) electrons. The first-order valence-electron chi connectivity index (χ1n) is 9.83. The van der Waals surface area contributed by atoms with Gasteiger partial charge in [-0.3, -0.25) is 0 Å². The summed E-state index contributed by atoms with van der Waals surface area (Å²) in [6, 6.07) is 12.7. The van der Waals surface area contributed by atoms with Crippen LogP contribution in [0.4, 0.5) is 0 Å². The minimum Gasteiger partial charge on any atom is -0.494 e. The molecule has 30 heavy (non-hydrogen) atoms. The Labute approximate surface area is 180 Å². The van der Waals surface area contributed by atoms with E-state index in [1.807, 2.05) is 31.2 Å². The van der Waals surface area contributed by atoms with E-state index >= 15 is 0 Å². The van der Waals surface area contributed by atoms with Crippen LogP contribution in [0.1, 0.15) is 29.7 Å². The summed E-state index contributed by atoms with van der Waals surface area (Å²) in [5, 5.41) is 40.2. The largest absolute Gasteiger partial charge is 0.494 e. The van der Waals surface area contributed by atoms with E-state index in [2.05, 4.69) is 0 Å². The van der Waals surface area contributed by atoms with Crippen molar-refractivity contribution in [3.63, 3.8) is 0 Å². The summed E-state index contributed by atoms with van der Waals surface area (Å²) in [5.74, 6) is 0.802. The van der Waals surface area contributed by atoms with E-state index in [1.54, 1.807) is 18.2 Å². The molecule has 3 rings (SSSR count). The average Bonchev–Trinajstić information content (AvgIpc) is 2.75. The molecule has 5 atom stereocenters. The highest BCUT2D eigenvalue weighted by molar-refractivity contribution is 6.31. The minimum atomic E-state index is -1.43. The summed E-state index contributed by atoms with van der Waals surface area (Å²) < 4.78 is 16.8. The zero-order valence-electron chi connectivity index (χ0n) is 16.6. The molecule has 1 aliphatic rings. The maximum atomic E-state index is 10.3. The van der Waals surface area contributed by atoms with Gasteiger partial charge in [-0.05, 0) is 47.9 Å². The molecule has 0 aliphatic carbocycles. The Kier molecular flexibility index (Phi) is 8.07. The van der Waals surface area contributed by atoms with Gasteiger partial charge < -0.3 is 34.6 Å².